The van der Waals surface area contributed by atoms with Crippen molar-refractivity contribution in [3.05, 3.63) is 71.4 Å². The predicted molar refractivity (Wildman–Crippen MR) is 117 cm³/mol. The summed E-state index contributed by atoms with van der Waals surface area (Å²) < 4.78 is 15.3. The lowest BCUT2D eigenvalue weighted by atomic mass is 10.1. The quantitative estimate of drug-likeness (QED) is 0.640. The molecule has 0 bridgehead atoms. The molecule has 1 aliphatic heterocycles. The normalized spacial score (nSPS) is 13.3. The van der Waals surface area contributed by atoms with Gasteiger partial charge >= 0.3 is 0 Å². The molecule has 3 aromatic rings. The van der Waals surface area contributed by atoms with Crippen molar-refractivity contribution >= 4 is 35.2 Å². The molecule has 0 atom stereocenters. The number of halogens is 2. The van der Waals surface area contributed by atoms with E-state index in [1.54, 1.807) is 55.4 Å². The van der Waals surface area contributed by atoms with Gasteiger partial charge in [-0.15, -0.1) is 0 Å². The van der Waals surface area contributed by atoms with Crippen molar-refractivity contribution in [1.29, 1.82) is 0 Å². The van der Waals surface area contributed by atoms with Crippen LogP contribution in [0.3, 0.4) is 0 Å². The maximum absolute atomic E-state index is 13.4. The molecule has 0 fully saturated rings. The zero-order valence-corrected chi connectivity index (χ0v) is 17.3. The molecule has 1 aliphatic rings. The number of amides is 1. The molecule has 1 amide bonds. The van der Waals surface area contributed by atoms with E-state index in [1.807, 2.05) is 16.7 Å². The number of anilines is 2. The van der Waals surface area contributed by atoms with Gasteiger partial charge in [-0.1, -0.05) is 11.6 Å². The van der Waals surface area contributed by atoms with E-state index < -0.39 is 5.54 Å². The van der Waals surface area contributed by atoms with Crippen molar-refractivity contribution in [2.24, 2.45) is 5.73 Å². The van der Waals surface area contributed by atoms with Crippen molar-refractivity contribution in [2.75, 3.05) is 5.32 Å². The fraction of sp³-hybridized carbons (Fsp3) is 0.182. The van der Waals surface area contributed by atoms with Crippen molar-refractivity contribution in [1.82, 2.24) is 14.5 Å². The van der Waals surface area contributed by atoms with Crippen LogP contribution in [-0.4, -0.2) is 25.9 Å². The summed E-state index contributed by atoms with van der Waals surface area (Å²) in [5.41, 5.74) is 7.19. The number of benzene rings is 2. The third kappa shape index (κ3) is 3.94. The van der Waals surface area contributed by atoms with Crippen molar-refractivity contribution in [3.8, 4) is 11.3 Å². The molecule has 0 unspecified atom stereocenters. The average molecular weight is 426 g/mol. The summed E-state index contributed by atoms with van der Waals surface area (Å²) in [6, 6.07) is 13.4. The first-order valence-electron chi connectivity index (χ1n) is 9.40. The van der Waals surface area contributed by atoms with Crippen molar-refractivity contribution < 1.29 is 9.18 Å². The van der Waals surface area contributed by atoms with Gasteiger partial charge < -0.3 is 16.0 Å². The SMILES string of the molecule is CC(C)(N)C(=O)N1C=Cn2c(nc(-c3ccc(F)cc3)c2Nc2ccc(Cl)cc2)C1. The van der Waals surface area contributed by atoms with Crippen LogP contribution >= 0.6 is 11.6 Å². The van der Waals surface area contributed by atoms with E-state index in [9.17, 15) is 9.18 Å². The Morgan fingerprint density at radius 2 is 1.80 bits per heavy atom. The minimum absolute atomic E-state index is 0.205. The number of hydrogen-bond acceptors (Lipinski definition) is 4. The number of nitrogens with two attached hydrogens (primary N) is 1. The van der Waals surface area contributed by atoms with Crippen LogP contribution in [0.5, 0.6) is 0 Å². The smallest absolute Gasteiger partial charge is 0.246 e. The summed E-state index contributed by atoms with van der Waals surface area (Å²) >= 11 is 5.99. The lowest BCUT2D eigenvalue weighted by Crippen LogP contribution is -2.49. The van der Waals surface area contributed by atoms with Crippen molar-refractivity contribution in [3.63, 3.8) is 0 Å². The number of carbonyl (C=O) groups is 1. The van der Waals surface area contributed by atoms with Crippen LogP contribution in [0.2, 0.25) is 5.02 Å². The number of hydrogen-bond donors (Lipinski definition) is 2. The van der Waals surface area contributed by atoms with E-state index in [0.29, 0.717) is 22.4 Å². The Labute approximate surface area is 178 Å². The highest BCUT2D eigenvalue weighted by Crippen LogP contribution is 2.34. The Morgan fingerprint density at radius 3 is 2.43 bits per heavy atom. The van der Waals surface area contributed by atoms with Gasteiger partial charge in [-0.25, -0.2) is 9.37 Å². The molecular weight excluding hydrogens is 405 g/mol. The van der Waals surface area contributed by atoms with Crippen LogP contribution in [-0.2, 0) is 11.3 Å². The van der Waals surface area contributed by atoms with Gasteiger partial charge in [0.1, 0.15) is 23.2 Å². The summed E-state index contributed by atoms with van der Waals surface area (Å²) in [6.45, 7) is 3.61. The molecule has 0 aliphatic carbocycles. The molecule has 30 heavy (non-hydrogen) atoms. The van der Waals surface area contributed by atoms with Crippen LogP contribution in [0.1, 0.15) is 19.7 Å². The summed E-state index contributed by atoms with van der Waals surface area (Å²) in [4.78, 5) is 18.9. The summed E-state index contributed by atoms with van der Waals surface area (Å²) in [5, 5.41) is 4.00. The molecule has 4 rings (SSSR count). The average Bonchev–Trinajstić information content (AvgIpc) is 3.06. The third-order valence-electron chi connectivity index (χ3n) is 4.73. The Morgan fingerprint density at radius 1 is 1.13 bits per heavy atom. The monoisotopic (exact) mass is 425 g/mol. The highest BCUT2D eigenvalue weighted by molar-refractivity contribution is 6.30. The molecule has 1 aromatic heterocycles. The number of carbonyl (C=O) groups excluding carboxylic acids is 1. The van der Waals surface area contributed by atoms with Crippen LogP contribution in [0, 0.1) is 5.82 Å². The first-order valence-corrected chi connectivity index (χ1v) is 9.78. The minimum atomic E-state index is -0.997. The van der Waals surface area contributed by atoms with Gasteiger partial charge in [0.25, 0.3) is 0 Å². The first-order chi connectivity index (χ1) is 14.2. The Balaban J connectivity index is 1.76. The first kappa shape index (κ1) is 20.1. The largest absolute Gasteiger partial charge is 0.339 e. The second-order valence-corrected chi connectivity index (χ2v) is 8.12. The lowest BCUT2D eigenvalue weighted by Gasteiger charge is -2.28. The van der Waals surface area contributed by atoms with E-state index in [2.05, 4.69) is 5.32 Å². The Kier molecular flexibility index (Phi) is 5.09. The zero-order valence-electron chi connectivity index (χ0n) is 16.6. The molecule has 0 saturated heterocycles. The van der Waals surface area contributed by atoms with Crippen LogP contribution < -0.4 is 11.1 Å². The van der Waals surface area contributed by atoms with E-state index in [1.165, 1.54) is 12.1 Å². The van der Waals surface area contributed by atoms with E-state index in [-0.39, 0.29) is 18.3 Å². The molecule has 3 N–H and O–H groups in total. The van der Waals surface area contributed by atoms with Gasteiger partial charge in [-0.3, -0.25) is 9.36 Å². The van der Waals surface area contributed by atoms with Gasteiger partial charge in [-0.2, -0.15) is 0 Å². The van der Waals surface area contributed by atoms with E-state index >= 15 is 0 Å². The number of aromatic nitrogens is 2. The minimum Gasteiger partial charge on any atom is -0.339 e. The Hall–Kier alpha value is -3.16. The van der Waals surface area contributed by atoms with Gasteiger partial charge in [0, 0.05) is 28.7 Å². The van der Waals surface area contributed by atoms with Gasteiger partial charge in [0.05, 0.1) is 12.1 Å². The molecule has 8 heteroatoms. The maximum Gasteiger partial charge on any atom is 0.246 e. The molecule has 6 nitrogen and oxygen atoms in total. The summed E-state index contributed by atoms with van der Waals surface area (Å²) in [7, 11) is 0. The van der Waals surface area contributed by atoms with E-state index in [4.69, 9.17) is 22.3 Å². The number of fused-ring (bicyclic) bond motifs is 1. The second-order valence-electron chi connectivity index (χ2n) is 7.69. The molecular formula is C22H21ClFN5O. The van der Waals surface area contributed by atoms with Gasteiger partial charge in [0.15, 0.2) is 0 Å². The fourth-order valence-electron chi connectivity index (χ4n) is 3.21. The molecule has 0 saturated carbocycles. The molecule has 2 heterocycles. The van der Waals surface area contributed by atoms with Crippen LogP contribution in [0.15, 0.2) is 54.7 Å². The zero-order chi connectivity index (χ0) is 21.5. The van der Waals surface area contributed by atoms with Crippen LogP contribution in [0.4, 0.5) is 15.9 Å². The topological polar surface area (TPSA) is 76.2 Å². The highest BCUT2D eigenvalue weighted by Gasteiger charge is 2.30. The van der Waals surface area contributed by atoms with Crippen molar-refractivity contribution in [2.45, 2.75) is 25.9 Å². The predicted octanol–water partition coefficient (Wildman–Crippen LogP) is 4.59. The maximum atomic E-state index is 13.4. The van der Waals surface area contributed by atoms with Gasteiger partial charge in [-0.05, 0) is 62.4 Å². The number of imidazole rings is 1. The Bertz CT molecular complexity index is 1110. The molecule has 0 spiro atoms. The molecule has 0 radical (unpaired) electrons. The van der Waals surface area contributed by atoms with E-state index in [0.717, 1.165) is 11.3 Å². The fourth-order valence-corrected chi connectivity index (χ4v) is 3.34. The number of nitrogens with one attached hydrogen (secondary N) is 1. The molecule has 154 valence electrons. The number of rotatable bonds is 4. The van der Waals surface area contributed by atoms with Crippen LogP contribution in [0.25, 0.3) is 17.5 Å². The summed E-state index contributed by atoms with van der Waals surface area (Å²) in [5.74, 6) is 0.834. The summed E-state index contributed by atoms with van der Waals surface area (Å²) in [6.07, 6.45) is 3.45. The number of nitrogens with zero attached hydrogens (tertiary/aromatic N) is 3. The lowest BCUT2D eigenvalue weighted by molar-refractivity contribution is -0.133. The molecule has 2 aromatic carbocycles. The standard InChI is InChI=1S/C22H21ClFN5O/c1-22(2,25)21(30)28-11-12-29-18(13-28)27-19(14-3-7-16(24)8-4-14)20(29)26-17-9-5-15(23)6-10-17/h3-12,26H,13,25H2,1-2H3. The second kappa shape index (κ2) is 7.59. The highest BCUT2D eigenvalue weighted by atomic mass is 35.5. The third-order valence-corrected chi connectivity index (χ3v) is 4.98. The van der Waals surface area contributed by atoms with Gasteiger partial charge in [0.2, 0.25) is 5.91 Å².